The van der Waals surface area contributed by atoms with E-state index in [1.165, 1.54) is 30.3 Å². The Bertz CT molecular complexity index is 2030. The first-order valence-electron chi connectivity index (χ1n) is 14.6. The van der Waals surface area contributed by atoms with Crippen LogP contribution in [0.2, 0.25) is 0 Å². The lowest BCUT2D eigenvalue weighted by Gasteiger charge is -2.31. The highest BCUT2D eigenvalue weighted by atomic mass is 19.4. The lowest BCUT2D eigenvalue weighted by molar-refractivity contribution is -0.265. The van der Waals surface area contributed by atoms with Crippen molar-refractivity contribution in [2.75, 3.05) is 18.5 Å². The number of nitrogens with one attached hydrogen (secondary N) is 2. The number of nitrogens with zero attached hydrogens (tertiary/aromatic N) is 4. The van der Waals surface area contributed by atoms with Crippen LogP contribution in [0.4, 0.5) is 33.5 Å². The van der Waals surface area contributed by atoms with Crippen molar-refractivity contribution in [3.63, 3.8) is 0 Å². The number of rotatable bonds is 11. The molecule has 0 spiro atoms. The first-order valence-corrected chi connectivity index (χ1v) is 14.6. The summed E-state index contributed by atoms with van der Waals surface area (Å²) in [6, 6.07) is 12.1. The summed E-state index contributed by atoms with van der Waals surface area (Å²) in [6.45, 7) is 1.95. The van der Waals surface area contributed by atoms with Gasteiger partial charge in [-0.3, -0.25) is 14.6 Å². The zero-order valence-electron chi connectivity index (χ0n) is 25.9. The number of ether oxygens (including phenoxy) is 1. The van der Waals surface area contributed by atoms with Crippen molar-refractivity contribution in [1.82, 2.24) is 25.5 Å². The molecule has 2 amide bonds. The largest absolute Gasteiger partial charge is 0.491 e. The molecule has 0 fully saturated rings. The number of primary amides is 1. The second-order valence-electron chi connectivity index (χ2n) is 10.9. The number of aromatic nitrogens is 4. The maximum Gasteiger partial charge on any atom is 0.424 e. The van der Waals surface area contributed by atoms with Crippen molar-refractivity contribution in [2.45, 2.75) is 32.0 Å². The molecule has 0 aliphatic heterocycles. The molecular formula is C33H28F5N7O4. The molecule has 0 bridgehead atoms. The summed E-state index contributed by atoms with van der Waals surface area (Å²) in [5, 5.41) is 23.8. The van der Waals surface area contributed by atoms with Crippen LogP contribution in [0, 0.1) is 18.7 Å². The van der Waals surface area contributed by atoms with Crippen molar-refractivity contribution in [3.8, 4) is 17.0 Å². The van der Waals surface area contributed by atoms with E-state index >= 15 is 0 Å². The van der Waals surface area contributed by atoms with Crippen LogP contribution in [0.25, 0.3) is 22.2 Å². The minimum atomic E-state index is -5.41. The third kappa shape index (κ3) is 7.54. The second-order valence-corrected chi connectivity index (χ2v) is 10.9. The van der Waals surface area contributed by atoms with E-state index in [0.29, 0.717) is 16.5 Å². The number of halogens is 5. The molecule has 16 heteroatoms. The van der Waals surface area contributed by atoms with Gasteiger partial charge in [-0.25, -0.2) is 9.37 Å². The van der Waals surface area contributed by atoms with Gasteiger partial charge in [0, 0.05) is 28.3 Å². The van der Waals surface area contributed by atoms with Gasteiger partial charge in [-0.2, -0.15) is 17.6 Å². The highest BCUT2D eigenvalue weighted by molar-refractivity contribution is 6.02. The number of benzene rings is 2. The third-order valence-corrected chi connectivity index (χ3v) is 7.30. The van der Waals surface area contributed by atoms with E-state index in [0.717, 1.165) is 24.3 Å². The summed E-state index contributed by atoms with van der Waals surface area (Å²) in [7, 11) is 0. The highest BCUT2D eigenvalue weighted by Gasteiger charge is 2.56. The summed E-state index contributed by atoms with van der Waals surface area (Å²) in [5.41, 5.74) is 1.56. The minimum absolute atomic E-state index is 0.0198. The number of carbonyl (C=O) groups is 2. The van der Waals surface area contributed by atoms with Gasteiger partial charge in [0.2, 0.25) is 17.5 Å². The first kappa shape index (κ1) is 34.6. The first-order chi connectivity index (χ1) is 23.2. The summed E-state index contributed by atoms with van der Waals surface area (Å²) in [4.78, 5) is 33.8. The van der Waals surface area contributed by atoms with Gasteiger partial charge in [0.15, 0.2) is 5.82 Å². The van der Waals surface area contributed by atoms with Gasteiger partial charge < -0.3 is 26.2 Å². The molecule has 3 heterocycles. The maximum atomic E-state index is 14.8. The van der Waals surface area contributed by atoms with Gasteiger partial charge >= 0.3 is 6.18 Å². The van der Waals surface area contributed by atoms with E-state index in [-0.39, 0.29) is 46.2 Å². The van der Waals surface area contributed by atoms with Crippen LogP contribution in [-0.2, 0) is 16.8 Å². The van der Waals surface area contributed by atoms with Gasteiger partial charge in [0.05, 0.1) is 36.5 Å². The lowest BCUT2D eigenvalue weighted by Crippen LogP contribution is -2.51. The molecule has 0 saturated heterocycles. The number of aliphatic hydroxyl groups is 1. The molecule has 0 unspecified atom stereocenters. The zero-order valence-corrected chi connectivity index (χ0v) is 25.9. The Balaban J connectivity index is 1.56. The van der Waals surface area contributed by atoms with Crippen molar-refractivity contribution < 1.29 is 41.4 Å². The number of aryl methyl sites for hydroxylation is 1. The average molecular weight is 682 g/mol. The van der Waals surface area contributed by atoms with E-state index in [4.69, 9.17) is 10.5 Å². The number of nitrogens with two attached hydrogens (primary N) is 1. The van der Waals surface area contributed by atoms with Crippen LogP contribution in [0.5, 0.6) is 5.75 Å². The number of hydrogen-bond donors (Lipinski definition) is 4. The van der Waals surface area contributed by atoms with E-state index in [1.54, 1.807) is 26.1 Å². The molecule has 2 aromatic carbocycles. The van der Waals surface area contributed by atoms with Gasteiger partial charge in [-0.1, -0.05) is 0 Å². The Morgan fingerprint density at radius 3 is 2.37 bits per heavy atom. The SMILES string of the molecule is CCOc1c(CC(N)=O)cc([C@@](O)(CNC(=O)c2cc(Nc3ccc(F)nn3)c3ncc(C)cc3c2)C(F)(F)F)nc1-c1ccc(F)cc1. The Labute approximate surface area is 275 Å². The van der Waals surface area contributed by atoms with Crippen LogP contribution < -0.4 is 21.1 Å². The average Bonchev–Trinajstić information content (AvgIpc) is 3.04. The molecule has 0 radical (unpaired) electrons. The Kier molecular flexibility index (Phi) is 9.71. The molecule has 49 heavy (non-hydrogen) atoms. The predicted octanol–water partition coefficient (Wildman–Crippen LogP) is 5.02. The maximum absolute atomic E-state index is 14.8. The fraction of sp³-hybridized carbons (Fsp3) is 0.212. The quantitative estimate of drug-likeness (QED) is 0.140. The molecule has 11 nitrogen and oxygen atoms in total. The van der Waals surface area contributed by atoms with Gasteiger partial charge in [0.25, 0.3) is 5.91 Å². The van der Waals surface area contributed by atoms with Crippen molar-refractivity contribution in [2.24, 2.45) is 5.73 Å². The number of amides is 2. The van der Waals surface area contributed by atoms with E-state index in [1.807, 2.05) is 0 Å². The molecule has 0 saturated carbocycles. The normalized spacial score (nSPS) is 12.7. The molecule has 254 valence electrons. The van der Waals surface area contributed by atoms with Gasteiger partial charge in [-0.15, -0.1) is 10.2 Å². The molecule has 0 aliphatic rings. The monoisotopic (exact) mass is 681 g/mol. The summed E-state index contributed by atoms with van der Waals surface area (Å²) in [5.74, 6) is -3.38. The van der Waals surface area contributed by atoms with Crippen molar-refractivity contribution in [3.05, 3.63) is 101 Å². The Hall–Kier alpha value is -5.77. The number of pyridine rings is 2. The van der Waals surface area contributed by atoms with Crippen LogP contribution >= 0.6 is 0 Å². The molecule has 5 N–H and O–H groups in total. The Morgan fingerprint density at radius 2 is 1.73 bits per heavy atom. The van der Waals surface area contributed by atoms with Gasteiger partial charge in [0.1, 0.15) is 17.3 Å². The van der Waals surface area contributed by atoms with Crippen LogP contribution in [0.1, 0.15) is 34.1 Å². The Morgan fingerprint density at radius 1 is 1.00 bits per heavy atom. The number of carbonyl (C=O) groups excluding carboxylic acids is 2. The number of alkyl halides is 3. The molecule has 3 aromatic heterocycles. The van der Waals surface area contributed by atoms with E-state index in [2.05, 4.69) is 30.8 Å². The lowest BCUT2D eigenvalue weighted by atomic mass is 9.93. The zero-order chi connectivity index (χ0) is 35.5. The van der Waals surface area contributed by atoms with Gasteiger partial charge in [-0.05, 0) is 80.1 Å². The van der Waals surface area contributed by atoms with Crippen LogP contribution in [-0.4, -0.2) is 56.4 Å². The smallest absolute Gasteiger partial charge is 0.424 e. The minimum Gasteiger partial charge on any atom is -0.491 e. The number of anilines is 2. The van der Waals surface area contributed by atoms with Crippen molar-refractivity contribution in [1.29, 1.82) is 0 Å². The fourth-order valence-corrected chi connectivity index (χ4v) is 4.98. The summed E-state index contributed by atoms with van der Waals surface area (Å²) in [6.07, 6.45) is -4.44. The summed E-state index contributed by atoms with van der Waals surface area (Å²) < 4.78 is 77.1. The molecular weight excluding hydrogens is 653 g/mol. The van der Waals surface area contributed by atoms with E-state index < -0.39 is 54.0 Å². The van der Waals surface area contributed by atoms with Crippen molar-refractivity contribution >= 4 is 34.2 Å². The van der Waals surface area contributed by atoms with E-state index in [9.17, 15) is 36.6 Å². The third-order valence-electron chi connectivity index (χ3n) is 7.30. The summed E-state index contributed by atoms with van der Waals surface area (Å²) >= 11 is 0. The van der Waals surface area contributed by atoms with Crippen LogP contribution in [0.3, 0.4) is 0 Å². The topological polar surface area (TPSA) is 165 Å². The standard InChI is InChI=1S/C33H28F5N7O4/c1-3-49-30-20(14-26(39)46)13-24(43-29(30)18-4-6-22(34)7-5-18)32(48,33(36,37)38)16-41-31(47)21-11-19-10-17(2)15-40-28(19)23(12-21)42-27-9-8-25(35)44-45-27/h4-13,15,48H,3,14,16H2,1-2H3,(H2,39,46)(H,41,47)(H,42,45)/t32-/m0/s1. The predicted molar refractivity (Wildman–Crippen MR) is 168 cm³/mol. The number of hydrogen-bond acceptors (Lipinski definition) is 9. The molecule has 5 aromatic rings. The fourth-order valence-electron chi connectivity index (χ4n) is 4.98. The number of fused-ring (bicyclic) bond motifs is 1. The highest BCUT2D eigenvalue weighted by Crippen LogP contribution is 2.42. The molecule has 1 atom stereocenters. The molecule has 0 aliphatic carbocycles. The van der Waals surface area contributed by atoms with Crippen LogP contribution in [0.15, 0.2) is 66.9 Å². The molecule has 5 rings (SSSR count). The second kappa shape index (κ2) is 13.8.